The minimum absolute atomic E-state index is 0.150. The van der Waals surface area contributed by atoms with Crippen LogP contribution in [0.2, 0.25) is 0 Å². The van der Waals surface area contributed by atoms with Crippen molar-refractivity contribution in [2.75, 3.05) is 31.5 Å². The lowest BCUT2D eigenvalue weighted by Crippen LogP contribution is -2.38. The molecule has 0 unspecified atom stereocenters. The van der Waals surface area contributed by atoms with Crippen molar-refractivity contribution in [1.82, 2.24) is 10.2 Å². The molecule has 0 saturated carbocycles. The summed E-state index contributed by atoms with van der Waals surface area (Å²) in [6.45, 7) is 3.56. The van der Waals surface area contributed by atoms with Gasteiger partial charge < -0.3 is 10.1 Å². The molecule has 0 bridgehead atoms. The summed E-state index contributed by atoms with van der Waals surface area (Å²) in [6.07, 6.45) is 2.08. The van der Waals surface area contributed by atoms with Crippen LogP contribution in [0.15, 0.2) is 83.8 Å². The summed E-state index contributed by atoms with van der Waals surface area (Å²) in [5, 5.41) is 3.03. The average molecular weight is 494 g/mol. The lowest BCUT2D eigenvalue weighted by Gasteiger charge is -2.32. The number of carbonyl (C=O) groups is 1. The van der Waals surface area contributed by atoms with Gasteiger partial charge in [-0.2, -0.15) is 0 Å². The Bertz CT molecular complexity index is 1210. The average Bonchev–Trinajstić information content (AvgIpc) is 2.89. The highest BCUT2D eigenvalue weighted by molar-refractivity contribution is 7.92. The van der Waals surface area contributed by atoms with E-state index >= 15 is 0 Å². The number of anilines is 1. The zero-order valence-electron chi connectivity index (χ0n) is 19.8. The van der Waals surface area contributed by atoms with Crippen molar-refractivity contribution in [3.8, 4) is 5.75 Å². The monoisotopic (exact) mass is 493 g/mol. The third-order valence-electron chi connectivity index (χ3n) is 6.28. The molecule has 3 aromatic carbocycles. The molecule has 35 heavy (non-hydrogen) atoms. The number of piperidine rings is 1. The molecule has 1 heterocycles. The van der Waals surface area contributed by atoms with Crippen LogP contribution in [0.4, 0.5) is 5.69 Å². The van der Waals surface area contributed by atoms with Gasteiger partial charge in [0.15, 0.2) is 0 Å². The van der Waals surface area contributed by atoms with Crippen LogP contribution in [0.3, 0.4) is 0 Å². The fourth-order valence-electron chi connectivity index (χ4n) is 4.18. The topological polar surface area (TPSA) is 87.7 Å². The number of methoxy groups -OCH3 is 1. The summed E-state index contributed by atoms with van der Waals surface area (Å²) in [4.78, 5) is 15.2. The minimum Gasteiger partial charge on any atom is -0.497 e. The van der Waals surface area contributed by atoms with Gasteiger partial charge in [0.2, 0.25) is 0 Å². The molecule has 0 aliphatic carbocycles. The van der Waals surface area contributed by atoms with E-state index in [0.717, 1.165) is 38.2 Å². The number of carbonyl (C=O) groups excluding carboxylic acids is 1. The Morgan fingerprint density at radius 3 is 2.23 bits per heavy atom. The Balaban J connectivity index is 1.22. The van der Waals surface area contributed by atoms with Crippen molar-refractivity contribution in [1.29, 1.82) is 0 Å². The molecule has 0 radical (unpaired) electrons. The molecule has 3 aromatic rings. The van der Waals surface area contributed by atoms with Gasteiger partial charge in [-0.3, -0.25) is 14.4 Å². The Labute approximate surface area is 207 Å². The molecule has 0 spiro atoms. The maximum Gasteiger partial charge on any atom is 0.261 e. The highest BCUT2D eigenvalue weighted by Gasteiger charge is 2.20. The molecule has 7 nitrogen and oxygen atoms in total. The summed E-state index contributed by atoms with van der Waals surface area (Å²) in [6, 6.07) is 22.8. The summed E-state index contributed by atoms with van der Waals surface area (Å²) < 4.78 is 32.7. The fraction of sp³-hybridized carbons (Fsp3) is 0.296. The standard InChI is InChI=1S/C27H31N3O4S/c1-34-25-13-7-22(8-14-25)20-30-17-15-21(16-18-30)19-28-27(31)23-9-11-24(12-10-23)29-35(32,33)26-5-3-2-4-6-26/h2-14,21,29H,15-20H2,1H3,(H,28,31). The molecule has 1 aliphatic heterocycles. The quantitative estimate of drug-likeness (QED) is 0.468. The second kappa shape index (κ2) is 11.4. The fourth-order valence-corrected chi connectivity index (χ4v) is 5.26. The number of benzene rings is 3. The van der Waals surface area contributed by atoms with Crippen LogP contribution in [0.1, 0.15) is 28.8 Å². The molecule has 0 atom stereocenters. The number of amides is 1. The molecular weight excluding hydrogens is 462 g/mol. The molecule has 8 heteroatoms. The van der Waals surface area contributed by atoms with Crippen LogP contribution in [-0.4, -0.2) is 46.0 Å². The Hall–Kier alpha value is -3.36. The number of likely N-dealkylation sites (tertiary alicyclic amines) is 1. The van der Waals surface area contributed by atoms with E-state index in [-0.39, 0.29) is 10.8 Å². The summed E-state index contributed by atoms with van der Waals surface area (Å²) in [5.41, 5.74) is 2.19. The molecular formula is C27H31N3O4S. The SMILES string of the molecule is COc1ccc(CN2CCC(CNC(=O)c3ccc(NS(=O)(=O)c4ccccc4)cc3)CC2)cc1. The van der Waals surface area contributed by atoms with Gasteiger partial charge >= 0.3 is 0 Å². The number of rotatable bonds is 9. The molecule has 1 aliphatic rings. The predicted octanol–water partition coefficient (Wildman–Crippen LogP) is 4.14. The molecule has 1 saturated heterocycles. The van der Waals surface area contributed by atoms with Crippen molar-refractivity contribution in [3.63, 3.8) is 0 Å². The van der Waals surface area contributed by atoms with Gasteiger partial charge in [-0.15, -0.1) is 0 Å². The van der Waals surface area contributed by atoms with Crippen LogP contribution in [0, 0.1) is 5.92 Å². The van der Waals surface area contributed by atoms with Gasteiger partial charge in [-0.25, -0.2) is 8.42 Å². The lowest BCUT2D eigenvalue weighted by atomic mass is 9.96. The van der Waals surface area contributed by atoms with E-state index in [9.17, 15) is 13.2 Å². The molecule has 4 rings (SSSR count). The van der Waals surface area contributed by atoms with Crippen molar-refractivity contribution < 1.29 is 17.9 Å². The maximum atomic E-state index is 12.6. The van der Waals surface area contributed by atoms with Gasteiger partial charge in [-0.05, 0) is 85.9 Å². The van der Waals surface area contributed by atoms with E-state index in [4.69, 9.17) is 4.74 Å². The number of nitrogens with zero attached hydrogens (tertiary/aromatic N) is 1. The van der Waals surface area contributed by atoms with Crippen molar-refractivity contribution in [2.45, 2.75) is 24.3 Å². The Morgan fingerprint density at radius 2 is 1.60 bits per heavy atom. The molecule has 0 aromatic heterocycles. The highest BCUT2D eigenvalue weighted by Crippen LogP contribution is 2.20. The van der Waals surface area contributed by atoms with Crippen LogP contribution in [0.5, 0.6) is 5.75 Å². The van der Waals surface area contributed by atoms with Crippen LogP contribution >= 0.6 is 0 Å². The smallest absolute Gasteiger partial charge is 0.261 e. The Morgan fingerprint density at radius 1 is 0.943 bits per heavy atom. The maximum absolute atomic E-state index is 12.6. The first-order valence-electron chi connectivity index (χ1n) is 11.7. The van der Waals surface area contributed by atoms with E-state index in [1.807, 2.05) is 12.1 Å². The van der Waals surface area contributed by atoms with Crippen LogP contribution < -0.4 is 14.8 Å². The number of hydrogen-bond donors (Lipinski definition) is 2. The van der Waals surface area contributed by atoms with Gasteiger partial charge in [-0.1, -0.05) is 30.3 Å². The lowest BCUT2D eigenvalue weighted by molar-refractivity contribution is 0.0935. The summed E-state index contributed by atoms with van der Waals surface area (Å²) in [7, 11) is -1.99. The van der Waals surface area contributed by atoms with E-state index < -0.39 is 10.0 Å². The zero-order valence-corrected chi connectivity index (χ0v) is 20.6. The van der Waals surface area contributed by atoms with E-state index in [1.54, 1.807) is 49.6 Å². The van der Waals surface area contributed by atoms with Crippen LogP contribution in [0.25, 0.3) is 0 Å². The Kier molecular flexibility index (Phi) is 8.05. The van der Waals surface area contributed by atoms with E-state index in [0.29, 0.717) is 23.7 Å². The first-order chi connectivity index (χ1) is 16.9. The largest absolute Gasteiger partial charge is 0.497 e. The zero-order chi connectivity index (χ0) is 24.7. The van der Waals surface area contributed by atoms with Gasteiger partial charge in [0.05, 0.1) is 12.0 Å². The van der Waals surface area contributed by atoms with Crippen molar-refractivity contribution >= 4 is 21.6 Å². The molecule has 2 N–H and O–H groups in total. The van der Waals surface area contributed by atoms with Crippen molar-refractivity contribution in [2.24, 2.45) is 5.92 Å². The van der Waals surface area contributed by atoms with Crippen molar-refractivity contribution in [3.05, 3.63) is 90.0 Å². The summed E-state index contributed by atoms with van der Waals surface area (Å²) in [5.74, 6) is 1.16. The second-order valence-electron chi connectivity index (χ2n) is 8.77. The minimum atomic E-state index is -3.66. The third kappa shape index (κ3) is 6.83. The first kappa shape index (κ1) is 24.8. The number of sulfonamides is 1. The number of hydrogen-bond acceptors (Lipinski definition) is 5. The van der Waals surface area contributed by atoms with E-state index in [1.165, 1.54) is 17.7 Å². The normalized spacial score (nSPS) is 14.9. The number of ether oxygens (including phenoxy) is 1. The second-order valence-corrected chi connectivity index (χ2v) is 10.5. The molecule has 1 amide bonds. The summed E-state index contributed by atoms with van der Waals surface area (Å²) >= 11 is 0. The molecule has 184 valence electrons. The van der Waals surface area contributed by atoms with Gasteiger partial charge in [0.1, 0.15) is 5.75 Å². The first-order valence-corrected chi connectivity index (χ1v) is 13.2. The van der Waals surface area contributed by atoms with E-state index in [2.05, 4.69) is 27.1 Å². The van der Waals surface area contributed by atoms with Crippen LogP contribution in [-0.2, 0) is 16.6 Å². The highest BCUT2D eigenvalue weighted by atomic mass is 32.2. The number of nitrogens with one attached hydrogen (secondary N) is 2. The third-order valence-corrected chi connectivity index (χ3v) is 7.67. The predicted molar refractivity (Wildman–Crippen MR) is 137 cm³/mol. The van der Waals surface area contributed by atoms with Gasteiger partial charge in [0.25, 0.3) is 15.9 Å². The molecule has 1 fully saturated rings. The van der Waals surface area contributed by atoms with Gasteiger partial charge in [0, 0.05) is 24.3 Å².